The highest BCUT2D eigenvalue weighted by atomic mass is 32.3. The van der Waals surface area contributed by atoms with Gasteiger partial charge in [0, 0.05) is 19.0 Å². The summed E-state index contributed by atoms with van der Waals surface area (Å²) in [6, 6.07) is 1.62. The van der Waals surface area contributed by atoms with Crippen LogP contribution in [0.2, 0.25) is 0 Å². The van der Waals surface area contributed by atoms with Crippen molar-refractivity contribution in [2.24, 2.45) is 0 Å². The average Bonchev–Trinajstić information content (AvgIpc) is 2.80. The minimum absolute atomic E-state index is 0.167. The quantitative estimate of drug-likeness (QED) is 0.763. The van der Waals surface area contributed by atoms with Crippen LogP contribution in [0.3, 0.4) is 0 Å². The van der Waals surface area contributed by atoms with Gasteiger partial charge in [0.25, 0.3) is 0 Å². The van der Waals surface area contributed by atoms with E-state index in [-0.39, 0.29) is 18.5 Å². The fourth-order valence-electron chi connectivity index (χ4n) is 2.10. The van der Waals surface area contributed by atoms with Gasteiger partial charge in [0.1, 0.15) is 11.1 Å². The average molecular weight is 289 g/mol. The maximum Gasteiger partial charge on any atom is 0.307 e. The van der Waals surface area contributed by atoms with Crippen molar-refractivity contribution in [3.05, 3.63) is 12.3 Å². The molecule has 0 spiro atoms. The lowest BCUT2D eigenvalue weighted by Gasteiger charge is -2.26. The van der Waals surface area contributed by atoms with Crippen LogP contribution >= 0.6 is 0 Å². The van der Waals surface area contributed by atoms with Crippen LogP contribution in [0.25, 0.3) is 0 Å². The second-order valence-corrected chi connectivity index (χ2v) is 7.20. The number of hydrogen-bond acceptors (Lipinski definition) is 4. The molecule has 1 fully saturated rings. The molecular weight excluding hydrogens is 273 g/mol. The lowest BCUT2D eigenvalue weighted by molar-refractivity contribution is -0.117. The van der Waals surface area contributed by atoms with Crippen molar-refractivity contribution >= 4 is 21.9 Å². The first-order chi connectivity index (χ1) is 8.60. The summed E-state index contributed by atoms with van der Waals surface area (Å²) in [5.41, 5.74) is -0.355. The molecule has 1 aliphatic rings. The smallest absolute Gasteiger partial charge is 0.296 e. The van der Waals surface area contributed by atoms with E-state index >= 15 is 0 Å². The summed E-state index contributed by atoms with van der Waals surface area (Å²) in [5.74, 6) is 0.0841. The van der Waals surface area contributed by atoms with Crippen molar-refractivity contribution in [2.45, 2.75) is 38.0 Å². The van der Waals surface area contributed by atoms with Crippen LogP contribution in [0.1, 0.15) is 27.2 Å². The van der Waals surface area contributed by atoms with Gasteiger partial charge in [-0.05, 0) is 20.8 Å². The summed E-state index contributed by atoms with van der Waals surface area (Å²) in [6.45, 7) is 5.56. The molecule has 2 heterocycles. The number of hydrogen-bond donors (Lipinski definition) is 0. The maximum absolute atomic E-state index is 13.0. The molecule has 0 saturated carbocycles. The third-order valence-corrected chi connectivity index (χ3v) is 4.13. The Bertz CT molecular complexity index is 603. The predicted octanol–water partition coefficient (Wildman–Crippen LogP) is 1.04. The summed E-state index contributed by atoms with van der Waals surface area (Å²) >= 11 is 0. The summed E-state index contributed by atoms with van der Waals surface area (Å²) in [4.78, 5) is 13.1. The Morgan fingerprint density at radius 1 is 1.42 bits per heavy atom. The lowest BCUT2D eigenvalue weighted by Crippen LogP contribution is -2.33. The zero-order chi connectivity index (χ0) is 14.4. The molecule has 1 saturated heterocycles. The van der Waals surface area contributed by atoms with Crippen molar-refractivity contribution in [3.8, 4) is 0 Å². The van der Waals surface area contributed by atoms with Crippen molar-refractivity contribution in [3.63, 3.8) is 0 Å². The summed E-state index contributed by atoms with van der Waals surface area (Å²) < 4.78 is 36.4. The van der Waals surface area contributed by atoms with Crippen LogP contribution in [0.5, 0.6) is 0 Å². The van der Waals surface area contributed by atoms with Gasteiger partial charge < -0.3 is 0 Å². The van der Waals surface area contributed by atoms with Gasteiger partial charge in [-0.3, -0.25) is 9.69 Å². The van der Waals surface area contributed by atoms with Crippen LogP contribution in [0.4, 0.5) is 9.70 Å². The minimum atomic E-state index is -4.70. The van der Waals surface area contributed by atoms with E-state index in [0.717, 1.165) is 0 Å². The fraction of sp³-hybridized carbons (Fsp3) is 0.636. The minimum Gasteiger partial charge on any atom is -0.296 e. The Labute approximate surface area is 111 Å². The molecule has 106 valence electrons. The first-order valence-electron chi connectivity index (χ1n) is 5.89. The first kappa shape index (κ1) is 14.0. The maximum atomic E-state index is 13.0. The third kappa shape index (κ3) is 2.63. The normalized spacial score (nSPS) is 21.2. The van der Waals surface area contributed by atoms with E-state index in [4.69, 9.17) is 0 Å². The zero-order valence-corrected chi connectivity index (χ0v) is 11.8. The van der Waals surface area contributed by atoms with Gasteiger partial charge in [-0.15, -0.1) is 3.89 Å². The van der Waals surface area contributed by atoms with Crippen molar-refractivity contribution in [1.29, 1.82) is 0 Å². The topological polar surface area (TPSA) is 72.3 Å². The number of carbonyl (C=O) groups is 1. The molecule has 0 aliphatic carbocycles. The summed E-state index contributed by atoms with van der Waals surface area (Å²) in [6.07, 6.45) is 1.21. The summed E-state index contributed by atoms with van der Waals surface area (Å²) in [7, 11) is -4.70. The van der Waals surface area contributed by atoms with E-state index in [1.807, 2.05) is 20.8 Å². The van der Waals surface area contributed by atoms with Crippen LogP contribution in [0.15, 0.2) is 12.3 Å². The third-order valence-electron chi connectivity index (χ3n) is 3.02. The first-order valence-corrected chi connectivity index (χ1v) is 7.34. The van der Waals surface area contributed by atoms with Gasteiger partial charge >= 0.3 is 10.2 Å². The molecule has 1 amide bonds. The molecule has 1 atom stereocenters. The molecule has 0 N–H and O–H groups in total. The molecular formula is C11H16FN3O3S. The van der Waals surface area contributed by atoms with Crippen LogP contribution in [-0.4, -0.2) is 35.9 Å². The highest BCUT2D eigenvalue weighted by molar-refractivity contribution is 7.87. The second kappa shape index (κ2) is 4.29. The highest BCUT2D eigenvalue weighted by Crippen LogP contribution is 2.28. The van der Waals surface area contributed by atoms with E-state index in [1.54, 1.807) is 10.7 Å². The highest BCUT2D eigenvalue weighted by Gasteiger charge is 2.40. The number of carbonyl (C=O) groups excluding carboxylic acids is 1. The summed E-state index contributed by atoms with van der Waals surface area (Å²) in [5, 5.41) is 2.84. The van der Waals surface area contributed by atoms with Crippen molar-refractivity contribution in [1.82, 2.24) is 9.78 Å². The van der Waals surface area contributed by atoms with Gasteiger partial charge in [-0.2, -0.15) is 13.5 Å². The molecule has 0 radical (unpaired) electrons. The second-order valence-electron chi connectivity index (χ2n) is 5.58. The van der Waals surface area contributed by atoms with Crippen molar-refractivity contribution < 1.29 is 17.1 Å². The Balaban J connectivity index is 2.35. The van der Waals surface area contributed by atoms with E-state index in [2.05, 4.69) is 5.10 Å². The monoisotopic (exact) mass is 289 g/mol. The number of aromatic nitrogens is 2. The molecule has 2 rings (SSSR count). The van der Waals surface area contributed by atoms with Gasteiger partial charge in [-0.1, -0.05) is 0 Å². The molecule has 6 nitrogen and oxygen atoms in total. The van der Waals surface area contributed by atoms with Crippen molar-refractivity contribution in [2.75, 3.05) is 11.4 Å². The molecule has 1 aromatic rings. The molecule has 8 heteroatoms. The van der Waals surface area contributed by atoms with E-state index in [0.29, 0.717) is 5.82 Å². The molecule has 1 aliphatic heterocycles. The number of amides is 1. The van der Waals surface area contributed by atoms with E-state index in [9.17, 15) is 17.1 Å². The Kier molecular flexibility index (Phi) is 3.16. The fourth-order valence-corrected chi connectivity index (χ4v) is 2.77. The Morgan fingerprint density at radius 2 is 2.05 bits per heavy atom. The van der Waals surface area contributed by atoms with Gasteiger partial charge in [0.2, 0.25) is 5.91 Å². The predicted molar refractivity (Wildman–Crippen MR) is 68.0 cm³/mol. The Hall–Kier alpha value is -1.44. The van der Waals surface area contributed by atoms with Gasteiger partial charge in [-0.25, -0.2) is 4.68 Å². The number of nitrogens with zero attached hydrogens (tertiary/aromatic N) is 3. The molecule has 0 aromatic carbocycles. The molecule has 0 bridgehead atoms. The molecule has 1 unspecified atom stereocenters. The van der Waals surface area contributed by atoms with Crippen LogP contribution in [-0.2, 0) is 20.6 Å². The molecule has 19 heavy (non-hydrogen) atoms. The molecule has 1 aromatic heterocycles. The van der Waals surface area contributed by atoms with Gasteiger partial charge in [0.15, 0.2) is 0 Å². The van der Waals surface area contributed by atoms with E-state index in [1.165, 1.54) is 11.1 Å². The lowest BCUT2D eigenvalue weighted by atomic mass is 10.1. The van der Waals surface area contributed by atoms with Crippen LogP contribution < -0.4 is 4.90 Å². The number of halogens is 1. The Morgan fingerprint density at radius 3 is 2.53 bits per heavy atom. The number of anilines is 1. The van der Waals surface area contributed by atoms with Crippen LogP contribution in [0, 0.1) is 0 Å². The SMILES string of the molecule is CC(C)(C)n1nccc1N1CC(S(=O)(=O)F)CC1=O. The van der Waals surface area contributed by atoms with E-state index < -0.39 is 21.4 Å². The number of rotatable bonds is 2. The largest absolute Gasteiger partial charge is 0.307 e. The van der Waals surface area contributed by atoms with Gasteiger partial charge in [0.05, 0.1) is 11.7 Å². The zero-order valence-electron chi connectivity index (χ0n) is 11.0. The standard InChI is InChI=1S/C11H16FN3O3S/c1-11(2,3)15-9(4-5-13-15)14-7-8(6-10(14)16)19(12,17)18/h4-5,8H,6-7H2,1-3H3.